The Kier molecular flexibility index (Phi) is 7.82. The first-order chi connectivity index (χ1) is 18.9. The van der Waals surface area contributed by atoms with Crippen molar-refractivity contribution in [2.24, 2.45) is 5.92 Å². The van der Waals surface area contributed by atoms with Gasteiger partial charge >= 0.3 is 0 Å². The largest absolute Gasteiger partial charge is 0.353 e. The molecule has 2 unspecified atom stereocenters. The molecule has 4 aromatic rings. The van der Waals surface area contributed by atoms with Crippen LogP contribution in [-0.4, -0.2) is 17.6 Å². The highest BCUT2D eigenvalue weighted by molar-refractivity contribution is 8.03. The first-order valence-electron chi connectivity index (χ1n) is 12.4. The van der Waals surface area contributed by atoms with Gasteiger partial charge in [-0.3, -0.25) is 9.59 Å². The molecule has 0 radical (unpaired) electrons. The van der Waals surface area contributed by atoms with Crippen LogP contribution in [0.1, 0.15) is 16.4 Å². The predicted octanol–water partition coefficient (Wildman–Crippen LogP) is 6.77. The summed E-state index contributed by atoms with van der Waals surface area (Å²) < 4.78 is 0. The van der Waals surface area contributed by atoms with E-state index in [1.54, 1.807) is 0 Å². The van der Waals surface area contributed by atoms with E-state index in [4.69, 9.17) is 0 Å². The molecule has 0 fully saturated rings. The Morgan fingerprint density at radius 1 is 1.03 bits per heavy atom. The molecule has 194 valence electrons. The lowest BCUT2D eigenvalue weighted by atomic mass is 9.80. The highest BCUT2D eigenvalue weighted by Crippen LogP contribution is 2.44. The predicted molar refractivity (Wildman–Crippen MR) is 160 cm³/mol. The molecule has 2 heterocycles. The summed E-state index contributed by atoms with van der Waals surface area (Å²) in [7, 11) is 0. The number of hydrogen-bond donors (Lipinski definition) is 3. The van der Waals surface area contributed by atoms with Crippen LogP contribution in [0.5, 0.6) is 0 Å². The van der Waals surface area contributed by atoms with Gasteiger partial charge in [0.25, 0.3) is 0 Å². The minimum absolute atomic E-state index is 0.0881. The van der Waals surface area contributed by atoms with E-state index in [2.05, 4.69) is 28.6 Å². The van der Waals surface area contributed by atoms with Crippen molar-refractivity contribution in [2.75, 3.05) is 16.4 Å². The molecule has 0 saturated heterocycles. The second kappa shape index (κ2) is 11.6. The van der Waals surface area contributed by atoms with Crippen molar-refractivity contribution in [3.8, 4) is 6.07 Å². The van der Waals surface area contributed by atoms with Crippen LogP contribution in [0, 0.1) is 24.2 Å². The minimum atomic E-state index is -0.700. The summed E-state index contributed by atoms with van der Waals surface area (Å²) >= 11 is 2.72. The maximum atomic E-state index is 13.6. The number of carbonyl (C=O) groups is 2. The van der Waals surface area contributed by atoms with Crippen LogP contribution in [0.25, 0.3) is 10.8 Å². The number of thioether (sulfide) groups is 1. The lowest BCUT2D eigenvalue weighted by Gasteiger charge is -2.34. The fourth-order valence-corrected chi connectivity index (χ4v) is 6.39. The van der Waals surface area contributed by atoms with Crippen LogP contribution >= 0.6 is 23.1 Å². The van der Waals surface area contributed by atoms with Gasteiger partial charge in [-0.25, -0.2) is 0 Å². The van der Waals surface area contributed by atoms with Gasteiger partial charge in [0.15, 0.2) is 0 Å². The van der Waals surface area contributed by atoms with Gasteiger partial charge < -0.3 is 16.0 Å². The molecule has 0 saturated carbocycles. The van der Waals surface area contributed by atoms with Crippen LogP contribution in [0.2, 0.25) is 0 Å². The number of fused-ring (bicyclic) bond motifs is 1. The van der Waals surface area contributed by atoms with Crippen molar-refractivity contribution in [2.45, 2.75) is 12.8 Å². The standard InChI is InChI=1S/C31H26N4O2S2/c1-19-8-3-6-11-25(19)35-30(37)28-20(2)33-31(24(17-32)29(28)26-12-7-15-38-26)39-18-27(36)34-23-14-13-21-9-4-5-10-22(21)16-23/h3-16,28-29,33H,2,18H2,1H3,(H,34,36)(H,35,37). The number of rotatable bonds is 7. The number of anilines is 2. The van der Waals surface area contributed by atoms with Crippen molar-refractivity contribution >= 4 is 57.1 Å². The number of nitrogens with one attached hydrogen (secondary N) is 3. The third-order valence-corrected chi connectivity index (χ3v) is 8.55. The summed E-state index contributed by atoms with van der Waals surface area (Å²) in [5.41, 5.74) is 3.26. The number of benzene rings is 3. The number of para-hydroxylation sites is 1. The first-order valence-corrected chi connectivity index (χ1v) is 14.2. The molecular formula is C31H26N4O2S2. The van der Waals surface area contributed by atoms with E-state index in [-0.39, 0.29) is 17.6 Å². The molecule has 0 aliphatic carbocycles. The molecule has 6 nitrogen and oxygen atoms in total. The molecule has 1 aromatic heterocycles. The Morgan fingerprint density at radius 3 is 2.54 bits per heavy atom. The second-order valence-electron chi connectivity index (χ2n) is 9.18. The molecule has 5 rings (SSSR count). The topological polar surface area (TPSA) is 94.0 Å². The smallest absolute Gasteiger partial charge is 0.234 e. The fourth-order valence-electron chi connectivity index (χ4n) is 4.64. The van der Waals surface area contributed by atoms with Crippen LogP contribution in [0.15, 0.2) is 107 Å². The Morgan fingerprint density at radius 2 is 1.79 bits per heavy atom. The number of nitriles is 1. The van der Waals surface area contributed by atoms with Gasteiger partial charge in [-0.05, 0) is 52.9 Å². The van der Waals surface area contributed by atoms with E-state index < -0.39 is 11.8 Å². The van der Waals surface area contributed by atoms with Crippen molar-refractivity contribution < 1.29 is 9.59 Å². The molecule has 0 spiro atoms. The number of hydrogen-bond acceptors (Lipinski definition) is 6. The van der Waals surface area contributed by atoms with E-state index >= 15 is 0 Å². The maximum Gasteiger partial charge on any atom is 0.234 e. The van der Waals surface area contributed by atoms with Gasteiger partial charge in [0.2, 0.25) is 11.8 Å². The summed E-state index contributed by atoms with van der Waals surface area (Å²) in [5.74, 6) is -1.57. The zero-order valence-electron chi connectivity index (χ0n) is 21.2. The number of carbonyl (C=O) groups excluding carboxylic acids is 2. The molecule has 39 heavy (non-hydrogen) atoms. The molecule has 2 atom stereocenters. The summed E-state index contributed by atoms with van der Waals surface area (Å²) in [5, 5.41) is 24.0. The Hall–Kier alpha value is -4.32. The molecule has 1 aliphatic heterocycles. The number of nitrogens with zero attached hydrogens (tertiary/aromatic N) is 1. The molecule has 3 aromatic carbocycles. The lowest BCUT2D eigenvalue weighted by molar-refractivity contribution is -0.119. The zero-order valence-corrected chi connectivity index (χ0v) is 22.9. The van der Waals surface area contributed by atoms with Crippen molar-refractivity contribution in [1.82, 2.24) is 5.32 Å². The normalized spacial score (nSPS) is 16.9. The average Bonchev–Trinajstić information content (AvgIpc) is 3.47. The monoisotopic (exact) mass is 550 g/mol. The summed E-state index contributed by atoms with van der Waals surface area (Å²) in [6.07, 6.45) is 0. The number of amides is 2. The highest BCUT2D eigenvalue weighted by atomic mass is 32.2. The molecule has 8 heteroatoms. The lowest BCUT2D eigenvalue weighted by Crippen LogP contribution is -2.39. The van der Waals surface area contributed by atoms with Crippen LogP contribution < -0.4 is 16.0 Å². The number of thiophene rings is 1. The van der Waals surface area contributed by atoms with Gasteiger partial charge in [-0.15, -0.1) is 11.3 Å². The summed E-state index contributed by atoms with van der Waals surface area (Å²) in [6.45, 7) is 6.09. The van der Waals surface area contributed by atoms with E-state index in [1.165, 1.54) is 23.1 Å². The summed E-state index contributed by atoms with van der Waals surface area (Å²) in [4.78, 5) is 27.3. The highest BCUT2D eigenvalue weighted by Gasteiger charge is 2.41. The third kappa shape index (κ3) is 5.75. The Labute approximate surface area is 235 Å². The summed E-state index contributed by atoms with van der Waals surface area (Å²) in [6, 6.07) is 27.4. The molecule has 3 N–H and O–H groups in total. The third-order valence-electron chi connectivity index (χ3n) is 6.57. The fraction of sp³-hybridized carbons (Fsp3) is 0.129. The van der Waals surface area contributed by atoms with E-state index in [0.717, 1.165) is 21.2 Å². The molecule has 1 aliphatic rings. The van der Waals surface area contributed by atoms with Crippen LogP contribution in [0.3, 0.4) is 0 Å². The molecular weight excluding hydrogens is 525 g/mol. The number of aryl methyl sites for hydroxylation is 1. The quantitative estimate of drug-likeness (QED) is 0.236. The zero-order chi connectivity index (χ0) is 27.4. The Bertz CT molecular complexity index is 1640. The van der Waals surface area contributed by atoms with Crippen LogP contribution in [0.4, 0.5) is 11.4 Å². The van der Waals surface area contributed by atoms with E-state index in [0.29, 0.717) is 27.7 Å². The van der Waals surface area contributed by atoms with Gasteiger partial charge in [0, 0.05) is 27.9 Å². The minimum Gasteiger partial charge on any atom is -0.353 e. The SMILES string of the molecule is C=C1NC(SCC(=O)Nc2ccc3ccccc3c2)=C(C#N)C(c2cccs2)C1C(=O)Nc1ccccc1C. The first kappa shape index (κ1) is 26.3. The van der Waals surface area contributed by atoms with Gasteiger partial charge in [-0.1, -0.05) is 72.9 Å². The van der Waals surface area contributed by atoms with Crippen molar-refractivity contribution in [1.29, 1.82) is 5.26 Å². The van der Waals surface area contributed by atoms with Gasteiger partial charge in [0.1, 0.15) is 0 Å². The average molecular weight is 551 g/mol. The number of allylic oxidation sites excluding steroid dienone is 1. The van der Waals surface area contributed by atoms with E-state index in [1.807, 2.05) is 91.2 Å². The van der Waals surface area contributed by atoms with Crippen molar-refractivity contribution in [3.63, 3.8) is 0 Å². The van der Waals surface area contributed by atoms with Gasteiger partial charge in [-0.2, -0.15) is 5.26 Å². The molecule has 2 amide bonds. The van der Waals surface area contributed by atoms with Crippen molar-refractivity contribution in [3.05, 3.63) is 118 Å². The second-order valence-corrected chi connectivity index (χ2v) is 11.1. The Balaban J connectivity index is 1.37. The van der Waals surface area contributed by atoms with Crippen LogP contribution in [-0.2, 0) is 9.59 Å². The maximum absolute atomic E-state index is 13.6. The van der Waals surface area contributed by atoms with E-state index in [9.17, 15) is 14.9 Å². The molecule has 0 bridgehead atoms. The van der Waals surface area contributed by atoms with Gasteiger partial charge in [0.05, 0.1) is 28.3 Å².